The summed E-state index contributed by atoms with van der Waals surface area (Å²) < 4.78 is 5.43. The van der Waals surface area contributed by atoms with Crippen molar-refractivity contribution in [2.24, 2.45) is 0 Å². The molecule has 1 aliphatic rings. The van der Waals surface area contributed by atoms with E-state index in [2.05, 4.69) is 30.2 Å². The molecule has 4 nitrogen and oxygen atoms in total. The number of thiophene rings is 1. The van der Waals surface area contributed by atoms with Gasteiger partial charge in [0.2, 0.25) is 5.95 Å². The minimum Gasteiger partial charge on any atom is -0.381 e. The summed E-state index contributed by atoms with van der Waals surface area (Å²) in [5.41, 5.74) is 0. The molecule has 0 aromatic carbocycles. The summed E-state index contributed by atoms with van der Waals surface area (Å²) in [6, 6.07) is 2.21. The van der Waals surface area contributed by atoms with Crippen molar-refractivity contribution in [1.82, 2.24) is 9.97 Å². The molecule has 2 aromatic rings. The lowest BCUT2D eigenvalue weighted by molar-refractivity contribution is 0.1000. The summed E-state index contributed by atoms with van der Waals surface area (Å²) in [4.78, 5) is 11.7. The van der Waals surface area contributed by atoms with Crippen molar-refractivity contribution in [2.45, 2.75) is 37.0 Å². The standard InChI is InChI=1S/C14H19N3OS2/c1-3-15-14-16-12-11(8-9(2)19-12)13(17-14)20-10-4-6-18-7-5-10/h8,10H,3-7H2,1-2H3,(H,15,16,17). The minimum absolute atomic E-state index is 0.608. The van der Waals surface area contributed by atoms with Gasteiger partial charge in [-0.2, -0.15) is 0 Å². The fourth-order valence-electron chi connectivity index (χ4n) is 2.29. The van der Waals surface area contributed by atoms with Crippen LogP contribution >= 0.6 is 23.1 Å². The highest BCUT2D eigenvalue weighted by Gasteiger charge is 2.19. The van der Waals surface area contributed by atoms with Gasteiger partial charge in [-0.25, -0.2) is 9.97 Å². The lowest BCUT2D eigenvalue weighted by Crippen LogP contribution is -2.17. The molecule has 0 atom stereocenters. The van der Waals surface area contributed by atoms with Crippen molar-refractivity contribution < 1.29 is 4.74 Å². The van der Waals surface area contributed by atoms with E-state index in [0.29, 0.717) is 5.25 Å². The molecular formula is C14H19N3OS2. The zero-order chi connectivity index (χ0) is 13.9. The van der Waals surface area contributed by atoms with E-state index in [4.69, 9.17) is 9.72 Å². The third-order valence-corrected chi connectivity index (χ3v) is 5.55. The number of nitrogens with one attached hydrogen (secondary N) is 1. The summed E-state index contributed by atoms with van der Waals surface area (Å²) in [6.07, 6.45) is 2.21. The number of ether oxygens (including phenoxy) is 1. The van der Waals surface area contributed by atoms with E-state index in [0.717, 1.165) is 48.4 Å². The van der Waals surface area contributed by atoms with Crippen LogP contribution in [0.15, 0.2) is 11.1 Å². The number of fused-ring (bicyclic) bond motifs is 1. The number of rotatable bonds is 4. The lowest BCUT2D eigenvalue weighted by Gasteiger charge is -2.21. The molecule has 3 heterocycles. The topological polar surface area (TPSA) is 47.0 Å². The Morgan fingerprint density at radius 3 is 2.95 bits per heavy atom. The molecular weight excluding hydrogens is 290 g/mol. The summed E-state index contributed by atoms with van der Waals surface area (Å²) >= 11 is 3.62. The second kappa shape index (κ2) is 6.28. The van der Waals surface area contributed by atoms with Gasteiger partial charge in [-0.3, -0.25) is 0 Å². The van der Waals surface area contributed by atoms with Gasteiger partial charge in [-0.15, -0.1) is 23.1 Å². The van der Waals surface area contributed by atoms with Gasteiger partial charge in [0.25, 0.3) is 0 Å². The van der Waals surface area contributed by atoms with Crippen LogP contribution in [0.1, 0.15) is 24.6 Å². The summed E-state index contributed by atoms with van der Waals surface area (Å²) in [6.45, 7) is 6.78. The van der Waals surface area contributed by atoms with Gasteiger partial charge in [0.15, 0.2) is 0 Å². The van der Waals surface area contributed by atoms with Gasteiger partial charge in [0.05, 0.1) is 0 Å². The Balaban J connectivity index is 1.93. The number of hydrogen-bond acceptors (Lipinski definition) is 6. The first-order valence-electron chi connectivity index (χ1n) is 7.02. The number of thioether (sulfide) groups is 1. The molecule has 0 radical (unpaired) electrons. The predicted molar refractivity (Wildman–Crippen MR) is 86.0 cm³/mol. The van der Waals surface area contributed by atoms with Crippen LogP contribution in [0.5, 0.6) is 0 Å². The maximum absolute atomic E-state index is 5.43. The van der Waals surface area contributed by atoms with Crippen LogP contribution in [0.2, 0.25) is 0 Å². The fraction of sp³-hybridized carbons (Fsp3) is 0.571. The van der Waals surface area contributed by atoms with Crippen molar-refractivity contribution in [1.29, 1.82) is 0 Å². The molecule has 1 aliphatic heterocycles. The van der Waals surface area contributed by atoms with Crippen molar-refractivity contribution >= 4 is 39.3 Å². The van der Waals surface area contributed by atoms with Gasteiger partial charge in [0, 0.05) is 35.3 Å². The van der Waals surface area contributed by atoms with Crippen molar-refractivity contribution in [3.63, 3.8) is 0 Å². The number of aromatic nitrogens is 2. The summed E-state index contributed by atoms with van der Waals surface area (Å²) in [5.74, 6) is 0.747. The Hall–Kier alpha value is -0.850. The third kappa shape index (κ3) is 3.07. The van der Waals surface area contributed by atoms with E-state index in [-0.39, 0.29) is 0 Å². The number of hydrogen-bond donors (Lipinski definition) is 1. The molecule has 0 spiro atoms. The maximum atomic E-state index is 5.43. The van der Waals surface area contributed by atoms with E-state index in [1.807, 2.05) is 11.8 Å². The molecule has 0 unspecified atom stereocenters. The van der Waals surface area contributed by atoms with Crippen molar-refractivity contribution in [3.05, 3.63) is 10.9 Å². The highest BCUT2D eigenvalue weighted by atomic mass is 32.2. The molecule has 1 N–H and O–H groups in total. The second-order valence-corrected chi connectivity index (χ2v) is 7.41. The Kier molecular flexibility index (Phi) is 4.43. The third-order valence-electron chi connectivity index (χ3n) is 3.26. The maximum Gasteiger partial charge on any atom is 0.225 e. The van der Waals surface area contributed by atoms with Crippen molar-refractivity contribution in [2.75, 3.05) is 25.1 Å². The van der Waals surface area contributed by atoms with Gasteiger partial charge in [0.1, 0.15) is 9.86 Å². The monoisotopic (exact) mass is 309 g/mol. The van der Waals surface area contributed by atoms with E-state index in [9.17, 15) is 0 Å². The molecule has 0 bridgehead atoms. The zero-order valence-electron chi connectivity index (χ0n) is 11.8. The molecule has 0 aliphatic carbocycles. The Morgan fingerprint density at radius 2 is 2.20 bits per heavy atom. The first-order valence-corrected chi connectivity index (χ1v) is 8.72. The van der Waals surface area contributed by atoms with Crippen LogP contribution in [0.4, 0.5) is 5.95 Å². The molecule has 1 saturated heterocycles. The molecule has 20 heavy (non-hydrogen) atoms. The molecule has 1 fully saturated rings. The van der Waals surface area contributed by atoms with E-state index in [1.165, 1.54) is 10.3 Å². The minimum atomic E-state index is 0.608. The molecule has 3 rings (SSSR count). The van der Waals surface area contributed by atoms with Crippen LogP contribution in [0.3, 0.4) is 0 Å². The van der Waals surface area contributed by atoms with Crippen molar-refractivity contribution in [3.8, 4) is 0 Å². The van der Waals surface area contributed by atoms with Crippen LogP contribution in [0, 0.1) is 6.92 Å². The molecule has 0 amide bonds. The average Bonchev–Trinajstić information content (AvgIpc) is 2.81. The van der Waals surface area contributed by atoms with E-state index < -0.39 is 0 Å². The SMILES string of the molecule is CCNc1nc(SC2CCOCC2)c2cc(C)sc2n1. The highest BCUT2D eigenvalue weighted by molar-refractivity contribution is 8.00. The van der Waals surface area contributed by atoms with Crippen LogP contribution in [0.25, 0.3) is 10.2 Å². The second-order valence-electron chi connectivity index (χ2n) is 4.89. The van der Waals surface area contributed by atoms with Gasteiger partial charge >= 0.3 is 0 Å². The van der Waals surface area contributed by atoms with E-state index >= 15 is 0 Å². The normalized spacial score (nSPS) is 16.7. The predicted octanol–water partition coefficient (Wildman–Crippen LogP) is 3.70. The molecule has 0 saturated carbocycles. The van der Waals surface area contributed by atoms with E-state index in [1.54, 1.807) is 11.3 Å². The lowest BCUT2D eigenvalue weighted by atomic mass is 10.2. The largest absolute Gasteiger partial charge is 0.381 e. The number of aryl methyl sites for hydroxylation is 1. The van der Waals surface area contributed by atoms with Gasteiger partial charge < -0.3 is 10.1 Å². The van der Waals surface area contributed by atoms with Crippen LogP contribution < -0.4 is 5.32 Å². The Morgan fingerprint density at radius 1 is 1.40 bits per heavy atom. The Bertz CT molecular complexity index is 593. The summed E-state index contributed by atoms with van der Waals surface area (Å²) in [7, 11) is 0. The van der Waals surface area contributed by atoms with Gasteiger partial charge in [-0.1, -0.05) is 0 Å². The highest BCUT2D eigenvalue weighted by Crippen LogP contribution is 2.36. The quantitative estimate of drug-likeness (QED) is 0.873. The average molecular weight is 309 g/mol. The van der Waals surface area contributed by atoms with Crippen LogP contribution in [-0.4, -0.2) is 35.0 Å². The Labute approximate surface area is 127 Å². The first-order chi connectivity index (χ1) is 9.76. The molecule has 108 valence electrons. The number of nitrogens with zero attached hydrogens (tertiary/aromatic N) is 2. The smallest absolute Gasteiger partial charge is 0.225 e. The van der Waals surface area contributed by atoms with Gasteiger partial charge in [-0.05, 0) is 32.8 Å². The number of anilines is 1. The zero-order valence-corrected chi connectivity index (χ0v) is 13.4. The molecule has 6 heteroatoms. The molecule has 2 aromatic heterocycles. The van der Waals surface area contributed by atoms with Crippen LogP contribution in [-0.2, 0) is 4.74 Å². The fourth-order valence-corrected chi connectivity index (χ4v) is 4.40. The first kappa shape index (κ1) is 14.1. The summed E-state index contributed by atoms with van der Waals surface area (Å²) in [5, 5.41) is 6.15.